The van der Waals surface area contributed by atoms with Crippen LogP contribution in [0.3, 0.4) is 0 Å². The number of likely N-dealkylation sites (tertiary alicyclic amines) is 1. The van der Waals surface area contributed by atoms with Crippen molar-refractivity contribution in [1.29, 1.82) is 0 Å². The van der Waals surface area contributed by atoms with Crippen molar-refractivity contribution in [2.24, 2.45) is 0 Å². The number of carbonyl (C=O) groups excluding carboxylic acids is 1. The van der Waals surface area contributed by atoms with Crippen LogP contribution in [0.2, 0.25) is 0 Å². The number of nitrogens with zero attached hydrogens (tertiary/aromatic N) is 2. The van der Waals surface area contributed by atoms with Crippen LogP contribution in [0.1, 0.15) is 32.6 Å². The maximum atomic E-state index is 12.6. The van der Waals surface area contributed by atoms with Gasteiger partial charge in [-0.1, -0.05) is 0 Å². The van der Waals surface area contributed by atoms with E-state index in [2.05, 4.69) is 0 Å². The molecule has 1 aliphatic heterocycles. The van der Waals surface area contributed by atoms with Crippen molar-refractivity contribution in [1.82, 2.24) is 9.21 Å². The molecule has 0 N–H and O–H groups in total. The van der Waals surface area contributed by atoms with E-state index in [4.69, 9.17) is 4.74 Å². The summed E-state index contributed by atoms with van der Waals surface area (Å²) in [5.41, 5.74) is 0. The summed E-state index contributed by atoms with van der Waals surface area (Å²) in [4.78, 5) is 13.3. The van der Waals surface area contributed by atoms with Gasteiger partial charge in [0.25, 0.3) is 0 Å². The van der Waals surface area contributed by atoms with Crippen LogP contribution < -0.4 is 0 Å². The lowest BCUT2D eigenvalue weighted by atomic mass is 10.0. The van der Waals surface area contributed by atoms with Crippen LogP contribution in [-0.4, -0.2) is 74.9 Å². The van der Waals surface area contributed by atoms with Gasteiger partial charge in [-0.2, -0.15) is 17.5 Å². The fourth-order valence-corrected chi connectivity index (χ4v) is 3.94. The molecule has 1 heterocycles. The van der Waals surface area contributed by atoms with Gasteiger partial charge in [0.15, 0.2) is 0 Å². The number of carbonyl (C=O) groups is 1. The highest BCUT2D eigenvalue weighted by atomic mass is 32.2. The SMILES string of the molecule is CCOC(=O)CCCN1CCC(N(CC(F)(F)F)S(C)(=O)=O)CC1. The first-order chi connectivity index (χ1) is 11.0. The van der Waals surface area contributed by atoms with Gasteiger partial charge in [-0.15, -0.1) is 0 Å². The Morgan fingerprint density at radius 3 is 2.33 bits per heavy atom. The molecule has 0 spiro atoms. The Balaban J connectivity index is 2.46. The number of esters is 1. The van der Waals surface area contributed by atoms with E-state index in [0.717, 1.165) is 6.26 Å². The second kappa shape index (κ2) is 9.00. The molecule has 1 rings (SSSR count). The maximum Gasteiger partial charge on any atom is 0.402 e. The molecule has 24 heavy (non-hydrogen) atoms. The minimum Gasteiger partial charge on any atom is -0.466 e. The lowest BCUT2D eigenvalue weighted by Crippen LogP contribution is -2.50. The zero-order valence-corrected chi connectivity index (χ0v) is 14.8. The minimum atomic E-state index is -4.56. The largest absolute Gasteiger partial charge is 0.466 e. The van der Waals surface area contributed by atoms with Crippen LogP contribution >= 0.6 is 0 Å². The van der Waals surface area contributed by atoms with Gasteiger partial charge in [0.1, 0.15) is 6.54 Å². The highest BCUT2D eigenvalue weighted by Gasteiger charge is 2.39. The van der Waals surface area contributed by atoms with Crippen molar-refractivity contribution in [3.8, 4) is 0 Å². The molecule has 0 radical (unpaired) electrons. The number of hydrogen-bond donors (Lipinski definition) is 0. The van der Waals surface area contributed by atoms with Crippen molar-refractivity contribution in [3.63, 3.8) is 0 Å². The van der Waals surface area contributed by atoms with Gasteiger partial charge >= 0.3 is 12.1 Å². The van der Waals surface area contributed by atoms with E-state index in [1.165, 1.54) is 0 Å². The van der Waals surface area contributed by atoms with E-state index >= 15 is 0 Å². The topological polar surface area (TPSA) is 66.9 Å². The quantitative estimate of drug-likeness (QED) is 0.604. The number of halogens is 3. The van der Waals surface area contributed by atoms with Gasteiger partial charge in [0.2, 0.25) is 10.0 Å². The van der Waals surface area contributed by atoms with Crippen LogP contribution in [-0.2, 0) is 19.6 Å². The summed E-state index contributed by atoms with van der Waals surface area (Å²) >= 11 is 0. The first-order valence-corrected chi connectivity index (χ1v) is 9.79. The van der Waals surface area contributed by atoms with Crippen molar-refractivity contribution >= 4 is 16.0 Å². The molecular formula is C14H25F3N2O4S. The first kappa shape index (κ1) is 21.2. The zero-order valence-electron chi connectivity index (χ0n) is 14.0. The minimum absolute atomic E-state index is 0.263. The molecule has 0 aliphatic carbocycles. The standard InChI is InChI=1S/C14H25F3N2O4S/c1-3-23-13(20)5-4-8-18-9-6-12(7-10-18)19(24(2,21)22)11-14(15,16)17/h12H,3-11H2,1-2H3. The average Bonchev–Trinajstić information content (AvgIpc) is 2.44. The van der Waals surface area contributed by atoms with E-state index in [-0.39, 0.29) is 5.97 Å². The molecule has 0 unspecified atom stereocenters. The van der Waals surface area contributed by atoms with E-state index in [1.807, 2.05) is 4.90 Å². The fraction of sp³-hybridized carbons (Fsp3) is 0.929. The summed E-state index contributed by atoms with van der Waals surface area (Å²) in [6, 6.07) is -0.636. The predicted octanol–water partition coefficient (Wildman–Crippen LogP) is 1.62. The number of alkyl halides is 3. The van der Waals surface area contributed by atoms with E-state index < -0.39 is 28.8 Å². The van der Waals surface area contributed by atoms with Crippen molar-refractivity contribution in [3.05, 3.63) is 0 Å². The number of hydrogen-bond acceptors (Lipinski definition) is 5. The Hall–Kier alpha value is -0.870. The van der Waals surface area contributed by atoms with Crippen LogP contribution in [0.25, 0.3) is 0 Å². The molecule has 6 nitrogen and oxygen atoms in total. The Labute approximate surface area is 141 Å². The molecule has 0 bridgehead atoms. The van der Waals surface area contributed by atoms with Gasteiger partial charge in [-0.3, -0.25) is 4.79 Å². The zero-order chi connectivity index (χ0) is 18.4. The Morgan fingerprint density at radius 1 is 1.29 bits per heavy atom. The molecule has 0 saturated carbocycles. The Kier molecular flexibility index (Phi) is 7.94. The summed E-state index contributed by atoms with van der Waals surface area (Å²) in [7, 11) is -3.92. The molecule has 1 saturated heterocycles. The average molecular weight is 374 g/mol. The second-order valence-electron chi connectivity index (χ2n) is 5.90. The van der Waals surface area contributed by atoms with E-state index in [9.17, 15) is 26.4 Å². The van der Waals surface area contributed by atoms with Crippen LogP contribution in [0.15, 0.2) is 0 Å². The highest BCUT2D eigenvalue weighted by molar-refractivity contribution is 7.88. The molecule has 0 aromatic heterocycles. The Morgan fingerprint density at radius 2 is 1.88 bits per heavy atom. The third-order valence-electron chi connectivity index (χ3n) is 3.89. The Bertz CT molecular complexity index is 503. The monoisotopic (exact) mass is 374 g/mol. The molecule has 0 aromatic rings. The normalized spacial score (nSPS) is 18.1. The molecule has 0 amide bonds. The molecule has 142 valence electrons. The lowest BCUT2D eigenvalue weighted by molar-refractivity contribution is -0.143. The third-order valence-corrected chi connectivity index (χ3v) is 5.17. The van der Waals surface area contributed by atoms with E-state index in [0.29, 0.717) is 56.2 Å². The molecule has 10 heteroatoms. The molecule has 1 fully saturated rings. The van der Waals surface area contributed by atoms with Crippen molar-refractivity contribution in [2.45, 2.75) is 44.8 Å². The van der Waals surface area contributed by atoms with Gasteiger partial charge in [-0.25, -0.2) is 8.42 Å². The first-order valence-electron chi connectivity index (χ1n) is 7.94. The smallest absolute Gasteiger partial charge is 0.402 e. The number of ether oxygens (including phenoxy) is 1. The number of piperidine rings is 1. The highest BCUT2D eigenvalue weighted by Crippen LogP contribution is 2.25. The maximum absolute atomic E-state index is 12.6. The van der Waals surface area contributed by atoms with Crippen LogP contribution in [0, 0.1) is 0 Å². The van der Waals surface area contributed by atoms with Gasteiger partial charge in [0, 0.05) is 12.5 Å². The summed E-state index contributed by atoms with van der Waals surface area (Å²) in [6.07, 6.45) is -2.13. The fourth-order valence-electron chi connectivity index (χ4n) is 2.80. The predicted molar refractivity (Wildman–Crippen MR) is 82.9 cm³/mol. The van der Waals surface area contributed by atoms with Gasteiger partial charge < -0.3 is 9.64 Å². The third kappa shape index (κ3) is 7.80. The molecule has 0 atom stereocenters. The summed E-state index contributed by atoms with van der Waals surface area (Å²) in [5, 5.41) is 0. The number of rotatable bonds is 8. The van der Waals surface area contributed by atoms with Crippen molar-refractivity contribution < 1.29 is 31.1 Å². The number of sulfonamides is 1. The molecule has 0 aromatic carbocycles. The molecular weight excluding hydrogens is 349 g/mol. The van der Waals surface area contributed by atoms with Gasteiger partial charge in [0.05, 0.1) is 12.9 Å². The molecule has 1 aliphatic rings. The van der Waals surface area contributed by atoms with Crippen molar-refractivity contribution in [2.75, 3.05) is 39.0 Å². The lowest BCUT2D eigenvalue weighted by Gasteiger charge is -2.37. The van der Waals surface area contributed by atoms with Crippen LogP contribution in [0.5, 0.6) is 0 Å². The van der Waals surface area contributed by atoms with Gasteiger partial charge in [-0.05, 0) is 45.8 Å². The summed E-state index contributed by atoms with van der Waals surface area (Å²) in [5.74, 6) is -0.263. The second-order valence-corrected chi connectivity index (χ2v) is 7.84. The summed E-state index contributed by atoms with van der Waals surface area (Å²) < 4.78 is 66.5. The van der Waals surface area contributed by atoms with E-state index in [1.54, 1.807) is 6.92 Å². The van der Waals surface area contributed by atoms with Crippen LogP contribution in [0.4, 0.5) is 13.2 Å². The summed E-state index contributed by atoms with van der Waals surface area (Å²) in [6.45, 7) is 2.29.